The fraction of sp³-hybridized carbons (Fsp3) is 0.471. The summed E-state index contributed by atoms with van der Waals surface area (Å²) >= 11 is 1.65. The SMILES string of the molecule is CCC(=O)Nc1ccc(C2=NNC(=NC[C@H]3CCCO3)SC2)cc1. The van der Waals surface area contributed by atoms with Crippen LogP contribution in [0.15, 0.2) is 34.4 Å². The third-order valence-corrected chi connectivity index (χ3v) is 4.83. The van der Waals surface area contributed by atoms with Gasteiger partial charge in [0.25, 0.3) is 0 Å². The molecule has 0 bridgehead atoms. The van der Waals surface area contributed by atoms with Gasteiger partial charge in [0.15, 0.2) is 5.17 Å². The molecular formula is C17H22N4O2S. The third kappa shape index (κ3) is 4.58. The average Bonchev–Trinajstić information content (AvgIpc) is 3.14. The number of amidine groups is 1. The largest absolute Gasteiger partial charge is 0.376 e. The van der Waals surface area contributed by atoms with Crippen LogP contribution in [0.2, 0.25) is 0 Å². The first kappa shape index (κ1) is 17.0. The van der Waals surface area contributed by atoms with E-state index in [0.29, 0.717) is 13.0 Å². The zero-order valence-electron chi connectivity index (χ0n) is 13.7. The predicted molar refractivity (Wildman–Crippen MR) is 98.8 cm³/mol. The second kappa shape index (κ2) is 8.30. The Morgan fingerprint density at radius 1 is 1.46 bits per heavy atom. The predicted octanol–water partition coefficient (Wildman–Crippen LogP) is 2.61. The number of hydrogen-bond acceptors (Lipinski definition) is 5. The highest BCUT2D eigenvalue weighted by molar-refractivity contribution is 8.14. The van der Waals surface area contributed by atoms with E-state index in [9.17, 15) is 4.79 Å². The number of benzene rings is 1. The minimum absolute atomic E-state index is 0.0158. The molecular weight excluding hydrogens is 324 g/mol. The molecule has 2 aliphatic heterocycles. The van der Waals surface area contributed by atoms with Gasteiger partial charge >= 0.3 is 0 Å². The van der Waals surface area contributed by atoms with Crippen LogP contribution in [-0.4, -0.2) is 41.8 Å². The van der Waals surface area contributed by atoms with Crippen molar-refractivity contribution in [3.63, 3.8) is 0 Å². The van der Waals surface area contributed by atoms with E-state index in [2.05, 4.69) is 20.8 Å². The Bertz CT molecular complexity index is 636. The number of aliphatic imine (C=N–C) groups is 1. The van der Waals surface area contributed by atoms with Crippen LogP contribution in [0.1, 0.15) is 31.7 Å². The molecule has 1 atom stereocenters. The zero-order valence-corrected chi connectivity index (χ0v) is 14.6. The number of rotatable bonds is 5. The van der Waals surface area contributed by atoms with E-state index in [1.165, 1.54) is 0 Å². The van der Waals surface area contributed by atoms with Crippen molar-refractivity contribution in [3.05, 3.63) is 29.8 Å². The minimum atomic E-state index is 0.0158. The molecule has 0 spiro atoms. The van der Waals surface area contributed by atoms with Crippen LogP contribution in [0, 0.1) is 0 Å². The second-order valence-corrected chi connectivity index (χ2v) is 6.68. The third-order valence-electron chi connectivity index (χ3n) is 3.92. The van der Waals surface area contributed by atoms with Crippen molar-refractivity contribution in [2.75, 3.05) is 24.2 Å². The molecule has 24 heavy (non-hydrogen) atoms. The lowest BCUT2D eigenvalue weighted by atomic mass is 10.1. The van der Waals surface area contributed by atoms with Gasteiger partial charge in [0, 0.05) is 24.5 Å². The first-order chi connectivity index (χ1) is 11.7. The summed E-state index contributed by atoms with van der Waals surface area (Å²) in [6, 6.07) is 7.75. The van der Waals surface area contributed by atoms with Gasteiger partial charge in [-0.2, -0.15) is 5.10 Å². The van der Waals surface area contributed by atoms with Crippen molar-refractivity contribution in [1.29, 1.82) is 0 Å². The number of anilines is 1. The van der Waals surface area contributed by atoms with Crippen LogP contribution in [0.5, 0.6) is 0 Å². The molecule has 2 aliphatic rings. The molecule has 0 radical (unpaired) electrons. The van der Waals surface area contributed by atoms with Crippen LogP contribution in [-0.2, 0) is 9.53 Å². The number of carbonyl (C=O) groups is 1. The number of hydrazone groups is 1. The van der Waals surface area contributed by atoms with Crippen LogP contribution < -0.4 is 10.7 Å². The molecule has 3 rings (SSSR count). The monoisotopic (exact) mass is 346 g/mol. The normalized spacial score (nSPS) is 22.1. The number of nitrogens with zero attached hydrogens (tertiary/aromatic N) is 2. The molecule has 2 heterocycles. The van der Waals surface area contributed by atoms with Gasteiger partial charge in [-0.05, 0) is 30.5 Å². The molecule has 1 aromatic carbocycles. The molecule has 0 aromatic heterocycles. The average molecular weight is 346 g/mol. The Balaban J connectivity index is 1.56. The molecule has 0 saturated carbocycles. The summed E-state index contributed by atoms with van der Waals surface area (Å²) in [6.07, 6.45) is 2.96. The number of amides is 1. The van der Waals surface area contributed by atoms with Crippen molar-refractivity contribution in [3.8, 4) is 0 Å². The van der Waals surface area contributed by atoms with Gasteiger partial charge in [-0.15, -0.1) is 0 Å². The maximum absolute atomic E-state index is 11.4. The van der Waals surface area contributed by atoms with E-state index in [4.69, 9.17) is 4.74 Å². The summed E-state index contributed by atoms with van der Waals surface area (Å²) in [5.41, 5.74) is 5.85. The van der Waals surface area contributed by atoms with E-state index < -0.39 is 0 Å². The van der Waals surface area contributed by atoms with E-state index in [-0.39, 0.29) is 12.0 Å². The van der Waals surface area contributed by atoms with E-state index in [1.807, 2.05) is 31.2 Å². The lowest BCUT2D eigenvalue weighted by Crippen LogP contribution is -2.26. The number of nitrogens with one attached hydrogen (secondary N) is 2. The topological polar surface area (TPSA) is 75.1 Å². The zero-order chi connectivity index (χ0) is 16.8. The summed E-state index contributed by atoms with van der Waals surface area (Å²) in [5.74, 6) is 0.792. The summed E-state index contributed by atoms with van der Waals surface area (Å²) in [7, 11) is 0. The molecule has 1 saturated heterocycles. The van der Waals surface area contributed by atoms with E-state index >= 15 is 0 Å². The quantitative estimate of drug-likeness (QED) is 0.859. The Labute approximate surface area is 146 Å². The fourth-order valence-electron chi connectivity index (χ4n) is 2.51. The first-order valence-corrected chi connectivity index (χ1v) is 9.25. The second-order valence-electron chi connectivity index (χ2n) is 5.72. The highest BCUT2D eigenvalue weighted by Crippen LogP contribution is 2.17. The lowest BCUT2D eigenvalue weighted by Gasteiger charge is -2.16. The van der Waals surface area contributed by atoms with E-state index in [0.717, 1.165) is 47.3 Å². The van der Waals surface area contributed by atoms with Crippen molar-refractivity contribution < 1.29 is 9.53 Å². The maximum atomic E-state index is 11.4. The Kier molecular flexibility index (Phi) is 5.87. The van der Waals surface area contributed by atoms with Gasteiger partial charge in [-0.1, -0.05) is 30.8 Å². The molecule has 1 aromatic rings. The van der Waals surface area contributed by atoms with Crippen LogP contribution in [0.25, 0.3) is 0 Å². The molecule has 128 valence electrons. The first-order valence-electron chi connectivity index (χ1n) is 8.26. The van der Waals surface area contributed by atoms with Gasteiger partial charge in [0.1, 0.15) is 0 Å². The lowest BCUT2D eigenvalue weighted by molar-refractivity contribution is -0.115. The Morgan fingerprint density at radius 3 is 2.92 bits per heavy atom. The standard InChI is InChI=1S/C17H22N4O2S/c1-2-16(22)19-13-7-5-12(6-8-13)15-11-24-17(21-20-15)18-10-14-4-3-9-23-14/h5-8,14H,2-4,9-11H2,1H3,(H,18,21)(H,19,22)/t14-/m1/s1. The molecule has 6 nitrogen and oxygen atoms in total. The molecule has 2 N–H and O–H groups in total. The molecule has 7 heteroatoms. The van der Waals surface area contributed by atoms with Crippen LogP contribution >= 0.6 is 11.8 Å². The Morgan fingerprint density at radius 2 is 2.29 bits per heavy atom. The van der Waals surface area contributed by atoms with Gasteiger partial charge in [-0.25, -0.2) is 0 Å². The van der Waals surface area contributed by atoms with E-state index in [1.54, 1.807) is 11.8 Å². The summed E-state index contributed by atoms with van der Waals surface area (Å²) in [4.78, 5) is 15.9. The number of thioether (sulfide) groups is 1. The highest BCUT2D eigenvalue weighted by atomic mass is 32.2. The molecule has 1 fully saturated rings. The number of ether oxygens (including phenoxy) is 1. The van der Waals surface area contributed by atoms with Crippen molar-refractivity contribution in [2.45, 2.75) is 32.3 Å². The van der Waals surface area contributed by atoms with Crippen molar-refractivity contribution >= 4 is 34.2 Å². The Hall–Kier alpha value is -1.86. The van der Waals surface area contributed by atoms with Crippen LogP contribution in [0.4, 0.5) is 5.69 Å². The molecule has 0 aliphatic carbocycles. The van der Waals surface area contributed by atoms with Crippen molar-refractivity contribution in [1.82, 2.24) is 5.43 Å². The smallest absolute Gasteiger partial charge is 0.224 e. The van der Waals surface area contributed by atoms with Gasteiger partial charge in [0.2, 0.25) is 5.91 Å². The summed E-state index contributed by atoms with van der Waals surface area (Å²) in [5, 5.41) is 8.11. The van der Waals surface area contributed by atoms with Gasteiger partial charge in [-0.3, -0.25) is 15.2 Å². The van der Waals surface area contributed by atoms with Gasteiger partial charge in [0.05, 0.1) is 18.4 Å². The fourth-order valence-corrected chi connectivity index (χ4v) is 3.29. The molecule has 1 amide bonds. The molecule has 0 unspecified atom stereocenters. The maximum Gasteiger partial charge on any atom is 0.224 e. The number of carbonyl (C=O) groups excluding carboxylic acids is 1. The highest BCUT2D eigenvalue weighted by Gasteiger charge is 2.17. The van der Waals surface area contributed by atoms with Crippen molar-refractivity contribution in [2.24, 2.45) is 10.1 Å². The van der Waals surface area contributed by atoms with Crippen LogP contribution in [0.3, 0.4) is 0 Å². The summed E-state index contributed by atoms with van der Waals surface area (Å²) in [6.45, 7) is 3.39. The van der Waals surface area contributed by atoms with Gasteiger partial charge < -0.3 is 10.1 Å². The summed E-state index contributed by atoms with van der Waals surface area (Å²) < 4.78 is 5.57. The minimum Gasteiger partial charge on any atom is -0.376 e. The number of hydrogen-bond donors (Lipinski definition) is 2.